The maximum absolute atomic E-state index is 4.43. The minimum atomic E-state index is 0.727. The molecule has 3 nitrogen and oxygen atoms in total. The second-order valence-electron chi connectivity index (χ2n) is 3.70. The van der Waals surface area contributed by atoms with Crippen molar-refractivity contribution in [3.8, 4) is 0 Å². The molecule has 3 heteroatoms. The van der Waals surface area contributed by atoms with Crippen LogP contribution >= 0.6 is 0 Å². The zero-order chi connectivity index (χ0) is 8.84. The van der Waals surface area contributed by atoms with Gasteiger partial charge >= 0.3 is 0 Å². The van der Waals surface area contributed by atoms with E-state index in [0.717, 1.165) is 17.3 Å². The fraction of sp³-hybridized carbons (Fsp3) is 0.400. The number of hydrogen-bond donors (Lipinski definition) is 0. The second kappa shape index (κ2) is 2.31. The summed E-state index contributed by atoms with van der Waals surface area (Å²) in [4.78, 5) is 4.27. The third kappa shape index (κ3) is 1.03. The monoisotopic (exact) mass is 173 g/mol. The highest BCUT2D eigenvalue weighted by Crippen LogP contribution is 2.39. The minimum Gasteiger partial charge on any atom is -0.237 e. The maximum Gasteiger partial charge on any atom is 0.155 e. The average Bonchev–Trinajstić information content (AvgIpc) is 2.86. The lowest BCUT2D eigenvalue weighted by Crippen LogP contribution is -1.97. The summed E-state index contributed by atoms with van der Waals surface area (Å²) in [6.45, 7) is 2.01. The van der Waals surface area contributed by atoms with Gasteiger partial charge < -0.3 is 0 Å². The normalized spacial score (nSPS) is 16.7. The predicted molar refractivity (Wildman–Crippen MR) is 49.7 cm³/mol. The third-order valence-corrected chi connectivity index (χ3v) is 2.51. The molecule has 1 saturated carbocycles. The van der Waals surface area contributed by atoms with Crippen LogP contribution in [0.1, 0.15) is 30.1 Å². The van der Waals surface area contributed by atoms with Crippen LogP contribution < -0.4 is 0 Å². The van der Waals surface area contributed by atoms with Gasteiger partial charge in [-0.1, -0.05) is 0 Å². The summed E-state index contributed by atoms with van der Waals surface area (Å²) >= 11 is 0. The zero-order valence-electron chi connectivity index (χ0n) is 7.57. The summed E-state index contributed by atoms with van der Waals surface area (Å²) in [5.41, 5.74) is 3.33. The van der Waals surface area contributed by atoms with Crippen molar-refractivity contribution in [1.29, 1.82) is 0 Å². The van der Waals surface area contributed by atoms with Gasteiger partial charge in [-0.05, 0) is 25.8 Å². The lowest BCUT2D eigenvalue weighted by atomic mass is 10.3. The first-order valence-electron chi connectivity index (χ1n) is 4.66. The molecule has 66 valence electrons. The maximum atomic E-state index is 4.43. The van der Waals surface area contributed by atoms with Crippen molar-refractivity contribution >= 4 is 5.65 Å². The Labute approximate surface area is 76.4 Å². The highest BCUT2D eigenvalue weighted by atomic mass is 15.3. The predicted octanol–water partition coefficient (Wildman–Crippen LogP) is 1.92. The molecular formula is C10H11N3. The van der Waals surface area contributed by atoms with Crippen LogP contribution in [0.3, 0.4) is 0 Å². The van der Waals surface area contributed by atoms with Gasteiger partial charge in [0.05, 0.1) is 5.69 Å². The SMILES string of the molecule is Cc1cc2nccc(C3CC3)n2n1. The number of rotatable bonds is 1. The molecular weight excluding hydrogens is 162 g/mol. The van der Waals surface area contributed by atoms with Gasteiger partial charge in [0.2, 0.25) is 0 Å². The molecule has 0 aliphatic heterocycles. The number of aryl methyl sites for hydroxylation is 1. The van der Waals surface area contributed by atoms with Crippen LogP contribution in [0.5, 0.6) is 0 Å². The number of aromatic nitrogens is 3. The van der Waals surface area contributed by atoms with Crippen LogP contribution in [-0.2, 0) is 0 Å². The highest BCUT2D eigenvalue weighted by molar-refractivity contribution is 5.40. The van der Waals surface area contributed by atoms with Gasteiger partial charge in [0, 0.05) is 23.9 Å². The van der Waals surface area contributed by atoms with Gasteiger partial charge in [0.1, 0.15) is 0 Å². The quantitative estimate of drug-likeness (QED) is 0.659. The number of nitrogens with zero attached hydrogens (tertiary/aromatic N) is 3. The van der Waals surface area contributed by atoms with Gasteiger partial charge in [-0.3, -0.25) is 0 Å². The van der Waals surface area contributed by atoms with E-state index in [4.69, 9.17) is 0 Å². The minimum absolute atomic E-state index is 0.727. The van der Waals surface area contributed by atoms with E-state index in [1.165, 1.54) is 18.5 Å². The van der Waals surface area contributed by atoms with Crippen LogP contribution in [0.15, 0.2) is 18.3 Å². The van der Waals surface area contributed by atoms with Crippen molar-refractivity contribution in [3.05, 3.63) is 29.7 Å². The molecule has 2 aromatic heterocycles. The van der Waals surface area contributed by atoms with E-state index in [9.17, 15) is 0 Å². The fourth-order valence-corrected chi connectivity index (χ4v) is 1.72. The van der Waals surface area contributed by atoms with E-state index in [0.29, 0.717) is 0 Å². The zero-order valence-corrected chi connectivity index (χ0v) is 7.57. The molecule has 0 aromatic carbocycles. The molecule has 1 aliphatic rings. The van der Waals surface area contributed by atoms with E-state index >= 15 is 0 Å². The number of hydrogen-bond acceptors (Lipinski definition) is 2. The first kappa shape index (κ1) is 7.06. The summed E-state index contributed by atoms with van der Waals surface area (Å²) in [5, 5.41) is 4.43. The summed E-state index contributed by atoms with van der Waals surface area (Å²) in [7, 11) is 0. The number of fused-ring (bicyclic) bond motifs is 1. The Kier molecular flexibility index (Phi) is 1.26. The van der Waals surface area contributed by atoms with Crippen LogP contribution in [0.2, 0.25) is 0 Å². The Morgan fingerprint density at radius 2 is 2.31 bits per heavy atom. The first-order chi connectivity index (χ1) is 6.34. The molecule has 1 fully saturated rings. The summed E-state index contributed by atoms with van der Waals surface area (Å²) in [5.74, 6) is 0.727. The van der Waals surface area contributed by atoms with Crippen LogP contribution in [0, 0.1) is 6.92 Å². The van der Waals surface area contributed by atoms with Gasteiger partial charge in [-0.2, -0.15) is 5.10 Å². The Hall–Kier alpha value is -1.38. The largest absolute Gasteiger partial charge is 0.237 e. The van der Waals surface area contributed by atoms with Crippen molar-refractivity contribution in [3.63, 3.8) is 0 Å². The van der Waals surface area contributed by atoms with Crippen LogP contribution in [-0.4, -0.2) is 14.6 Å². The van der Waals surface area contributed by atoms with Gasteiger partial charge in [0.25, 0.3) is 0 Å². The highest BCUT2D eigenvalue weighted by Gasteiger charge is 2.26. The molecule has 13 heavy (non-hydrogen) atoms. The molecule has 0 spiro atoms. The van der Waals surface area contributed by atoms with Crippen molar-refractivity contribution in [2.45, 2.75) is 25.7 Å². The second-order valence-corrected chi connectivity index (χ2v) is 3.70. The van der Waals surface area contributed by atoms with E-state index in [2.05, 4.69) is 16.1 Å². The topological polar surface area (TPSA) is 30.2 Å². The summed E-state index contributed by atoms with van der Waals surface area (Å²) in [6.07, 6.45) is 4.49. The Morgan fingerprint density at radius 3 is 3.08 bits per heavy atom. The van der Waals surface area contributed by atoms with E-state index in [1.54, 1.807) is 0 Å². The third-order valence-electron chi connectivity index (χ3n) is 2.51. The molecule has 0 radical (unpaired) electrons. The van der Waals surface area contributed by atoms with Crippen molar-refractivity contribution in [1.82, 2.24) is 14.6 Å². The first-order valence-corrected chi connectivity index (χ1v) is 4.66. The van der Waals surface area contributed by atoms with Crippen molar-refractivity contribution in [2.75, 3.05) is 0 Å². The van der Waals surface area contributed by atoms with E-state index in [1.807, 2.05) is 23.7 Å². The molecule has 0 amide bonds. The molecule has 0 N–H and O–H groups in total. The Balaban J connectivity index is 2.31. The molecule has 1 aliphatic carbocycles. The fourth-order valence-electron chi connectivity index (χ4n) is 1.72. The van der Waals surface area contributed by atoms with Gasteiger partial charge in [-0.25, -0.2) is 9.50 Å². The van der Waals surface area contributed by atoms with E-state index in [-0.39, 0.29) is 0 Å². The van der Waals surface area contributed by atoms with Crippen LogP contribution in [0.25, 0.3) is 5.65 Å². The molecule has 0 atom stereocenters. The molecule has 0 bridgehead atoms. The molecule has 2 heterocycles. The van der Waals surface area contributed by atoms with Crippen molar-refractivity contribution < 1.29 is 0 Å². The standard InChI is InChI=1S/C10H11N3/c1-7-6-10-11-5-4-9(8-2-3-8)13(10)12-7/h4-6,8H,2-3H2,1H3. The lowest BCUT2D eigenvalue weighted by molar-refractivity contribution is 0.830. The van der Waals surface area contributed by atoms with Gasteiger partial charge in [-0.15, -0.1) is 0 Å². The smallest absolute Gasteiger partial charge is 0.155 e. The molecule has 0 saturated heterocycles. The van der Waals surface area contributed by atoms with Gasteiger partial charge in [0.15, 0.2) is 5.65 Å². The Bertz CT molecular complexity index is 454. The Morgan fingerprint density at radius 1 is 1.46 bits per heavy atom. The summed E-state index contributed by atoms with van der Waals surface area (Å²) in [6, 6.07) is 4.10. The lowest BCUT2D eigenvalue weighted by Gasteiger charge is -2.00. The average molecular weight is 173 g/mol. The summed E-state index contributed by atoms with van der Waals surface area (Å²) < 4.78 is 1.98. The van der Waals surface area contributed by atoms with E-state index < -0.39 is 0 Å². The molecule has 0 unspecified atom stereocenters. The van der Waals surface area contributed by atoms with Crippen molar-refractivity contribution in [2.24, 2.45) is 0 Å². The van der Waals surface area contributed by atoms with Crippen LogP contribution in [0.4, 0.5) is 0 Å². The molecule has 3 rings (SSSR count). The molecule has 2 aromatic rings.